The standard InChI is InChI=1S/C18H21NO5S2/c1-18(2)20-9-11(24-18)13-14(22-17(25)26-3)12-16(21-13)23-15(19-12)10-7-5-4-6-8-10/h4-8,11-14,16H,9H2,1-3H3/t11-,12-,13-,14-,16-/m1/s1. The van der Waals surface area contributed by atoms with Gasteiger partial charge in [0.05, 0.1) is 6.61 Å². The molecule has 5 atom stereocenters. The summed E-state index contributed by atoms with van der Waals surface area (Å²) >= 11 is 6.65. The van der Waals surface area contributed by atoms with Gasteiger partial charge in [0.2, 0.25) is 16.6 Å². The van der Waals surface area contributed by atoms with Gasteiger partial charge in [0.15, 0.2) is 17.9 Å². The first kappa shape index (κ1) is 18.2. The molecule has 1 aromatic carbocycles. The summed E-state index contributed by atoms with van der Waals surface area (Å²) in [5.74, 6) is -0.0815. The van der Waals surface area contributed by atoms with E-state index in [0.29, 0.717) is 16.9 Å². The average Bonchev–Trinajstić information content (AvgIpc) is 3.29. The largest absolute Gasteiger partial charge is 0.470 e. The molecule has 2 saturated heterocycles. The van der Waals surface area contributed by atoms with Gasteiger partial charge in [0.1, 0.15) is 12.2 Å². The van der Waals surface area contributed by atoms with Gasteiger partial charge in [-0.05, 0) is 44.5 Å². The van der Waals surface area contributed by atoms with Crippen LogP contribution in [-0.4, -0.2) is 59.6 Å². The Morgan fingerprint density at radius 3 is 2.73 bits per heavy atom. The fraction of sp³-hybridized carbons (Fsp3) is 0.556. The molecule has 0 aromatic heterocycles. The minimum atomic E-state index is -0.643. The van der Waals surface area contributed by atoms with Crippen LogP contribution in [0, 0.1) is 0 Å². The summed E-state index contributed by atoms with van der Waals surface area (Å²) in [6, 6.07) is 9.46. The molecule has 0 unspecified atom stereocenters. The highest BCUT2D eigenvalue weighted by molar-refractivity contribution is 8.22. The number of aliphatic imine (C=N–C) groups is 1. The summed E-state index contributed by atoms with van der Waals surface area (Å²) in [5, 5.41) is 0. The topological polar surface area (TPSA) is 58.5 Å². The molecule has 3 aliphatic rings. The first-order valence-corrected chi connectivity index (χ1v) is 10.1. The third-order valence-corrected chi connectivity index (χ3v) is 5.57. The van der Waals surface area contributed by atoms with Crippen molar-refractivity contribution in [1.29, 1.82) is 0 Å². The maximum atomic E-state index is 6.14. The molecule has 8 heteroatoms. The minimum Gasteiger partial charge on any atom is -0.470 e. The van der Waals surface area contributed by atoms with Crippen molar-refractivity contribution >= 4 is 34.3 Å². The molecular formula is C18H21NO5S2. The Labute approximate surface area is 162 Å². The lowest BCUT2D eigenvalue weighted by atomic mass is 10.0. The fourth-order valence-electron chi connectivity index (χ4n) is 3.37. The summed E-state index contributed by atoms with van der Waals surface area (Å²) in [6.07, 6.45) is 0.357. The summed E-state index contributed by atoms with van der Waals surface area (Å²) < 4.78 is 30.2. The van der Waals surface area contributed by atoms with Crippen LogP contribution < -0.4 is 0 Å². The minimum absolute atomic E-state index is 0.260. The van der Waals surface area contributed by atoms with Crippen LogP contribution in [0.3, 0.4) is 0 Å². The van der Waals surface area contributed by atoms with Gasteiger partial charge in [-0.25, -0.2) is 4.99 Å². The number of thiocarbonyl (C=S) groups is 1. The van der Waals surface area contributed by atoms with Crippen LogP contribution in [0.4, 0.5) is 0 Å². The van der Waals surface area contributed by atoms with Crippen LogP contribution in [0.15, 0.2) is 35.3 Å². The Morgan fingerprint density at radius 2 is 2.08 bits per heavy atom. The Morgan fingerprint density at radius 1 is 1.31 bits per heavy atom. The zero-order chi connectivity index (χ0) is 18.3. The average molecular weight is 396 g/mol. The third kappa shape index (κ3) is 3.48. The van der Waals surface area contributed by atoms with E-state index in [4.69, 9.17) is 40.9 Å². The van der Waals surface area contributed by atoms with Crippen molar-refractivity contribution in [1.82, 2.24) is 0 Å². The van der Waals surface area contributed by atoms with E-state index in [9.17, 15) is 0 Å². The van der Waals surface area contributed by atoms with Gasteiger partial charge < -0.3 is 23.7 Å². The SMILES string of the molecule is CSC(=S)O[C@@H]1[C@H]2N=C(c3ccccc3)O[C@H]2O[C@@H]1[C@H]1COC(C)(C)O1. The third-order valence-electron chi connectivity index (χ3n) is 4.54. The van der Waals surface area contributed by atoms with Crippen molar-refractivity contribution < 1.29 is 23.7 Å². The lowest BCUT2D eigenvalue weighted by molar-refractivity contribution is -0.171. The Kier molecular flexibility index (Phi) is 4.96. The van der Waals surface area contributed by atoms with E-state index in [1.165, 1.54) is 11.8 Å². The van der Waals surface area contributed by atoms with E-state index in [2.05, 4.69) is 0 Å². The van der Waals surface area contributed by atoms with Crippen molar-refractivity contribution in [2.45, 2.75) is 50.3 Å². The molecule has 4 rings (SSSR count). The normalized spacial score (nSPS) is 34.9. The Balaban J connectivity index is 1.57. The Hall–Kier alpha value is -1.19. The van der Waals surface area contributed by atoms with Crippen LogP contribution in [0.5, 0.6) is 0 Å². The van der Waals surface area contributed by atoms with Crippen molar-refractivity contribution in [3.05, 3.63) is 35.9 Å². The highest BCUT2D eigenvalue weighted by atomic mass is 32.2. The van der Waals surface area contributed by atoms with Gasteiger partial charge >= 0.3 is 0 Å². The molecule has 3 heterocycles. The molecule has 3 aliphatic heterocycles. The zero-order valence-corrected chi connectivity index (χ0v) is 16.4. The summed E-state index contributed by atoms with van der Waals surface area (Å²) in [6.45, 7) is 4.19. The van der Waals surface area contributed by atoms with Crippen molar-refractivity contribution in [2.75, 3.05) is 12.9 Å². The van der Waals surface area contributed by atoms with E-state index < -0.39 is 12.1 Å². The predicted octanol–water partition coefficient (Wildman–Crippen LogP) is 2.74. The van der Waals surface area contributed by atoms with Crippen LogP contribution in [0.2, 0.25) is 0 Å². The number of nitrogens with zero attached hydrogens (tertiary/aromatic N) is 1. The highest BCUT2D eigenvalue weighted by Gasteiger charge is 2.56. The molecule has 140 valence electrons. The van der Waals surface area contributed by atoms with Crippen molar-refractivity contribution in [2.24, 2.45) is 4.99 Å². The number of thioether (sulfide) groups is 1. The van der Waals surface area contributed by atoms with Crippen LogP contribution in [0.1, 0.15) is 19.4 Å². The molecule has 2 fully saturated rings. The Bertz CT molecular complexity index is 711. The second-order valence-electron chi connectivity index (χ2n) is 6.78. The maximum absolute atomic E-state index is 6.14. The number of hydrogen-bond donors (Lipinski definition) is 0. The van der Waals surface area contributed by atoms with E-state index >= 15 is 0 Å². The molecule has 0 N–H and O–H groups in total. The lowest BCUT2D eigenvalue weighted by Crippen LogP contribution is -2.42. The molecule has 0 saturated carbocycles. The zero-order valence-electron chi connectivity index (χ0n) is 14.8. The number of ether oxygens (including phenoxy) is 5. The molecule has 0 amide bonds. The summed E-state index contributed by atoms with van der Waals surface area (Å²) in [5.41, 5.74) is 0.912. The van der Waals surface area contributed by atoms with E-state index in [-0.39, 0.29) is 24.4 Å². The molecule has 6 nitrogen and oxygen atoms in total. The van der Waals surface area contributed by atoms with Crippen LogP contribution >= 0.6 is 24.0 Å². The van der Waals surface area contributed by atoms with Gasteiger partial charge in [-0.3, -0.25) is 0 Å². The maximum Gasteiger partial charge on any atom is 0.228 e. The first-order valence-electron chi connectivity index (χ1n) is 8.48. The molecule has 0 aliphatic carbocycles. The predicted molar refractivity (Wildman–Crippen MR) is 102 cm³/mol. The quantitative estimate of drug-likeness (QED) is 0.730. The number of hydrogen-bond acceptors (Lipinski definition) is 8. The monoisotopic (exact) mass is 395 g/mol. The first-order chi connectivity index (χ1) is 12.5. The van der Waals surface area contributed by atoms with Crippen molar-refractivity contribution in [3.63, 3.8) is 0 Å². The van der Waals surface area contributed by atoms with Gasteiger partial charge in [0, 0.05) is 5.56 Å². The lowest BCUT2D eigenvalue weighted by Gasteiger charge is -2.26. The molecule has 0 bridgehead atoms. The second kappa shape index (κ2) is 7.09. The molecule has 26 heavy (non-hydrogen) atoms. The molecule has 0 radical (unpaired) electrons. The number of rotatable bonds is 3. The van der Waals surface area contributed by atoms with Gasteiger partial charge in [-0.1, -0.05) is 30.0 Å². The molecular weight excluding hydrogens is 374 g/mol. The van der Waals surface area contributed by atoms with Gasteiger partial charge in [-0.2, -0.15) is 0 Å². The van der Waals surface area contributed by atoms with Crippen LogP contribution in [-0.2, 0) is 23.7 Å². The van der Waals surface area contributed by atoms with Gasteiger partial charge in [-0.15, -0.1) is 0 Å². The molecule has 0 spiro atoms. The van der Waals surface area contributed by atoms with E-state index in [1.807, 2.05) is 50.4 Å². The summed E-state index contributed by atoms with van der Waals surface area (Å²) in [4.78, 5) is 4.73. The fourth-order valence-corrected chi connectivity index (χ4v) is 3.68. The smallest absolute Gasteiger partial charge is 0.228 e. The second-order valence-corrected chi connectivity index (χ2v) is 8.19. The number of benzene rings is 1. The van der Waals surface area contributed by atoms with E-state index in [0.717, 1.165) is 5.56 Å². The molecule has 1 aromatic rings. The van der Waals surface area contributed by atoms with Crippen LogP contribution in [0.25, 0.3) is 0 Å². The van der Waals surface area contributed by atoms with Gasteiger partial charge in [0.25, 0.3) is 0 Å². The number of fused-ring (bicyclic) bond motifs is 1. The summed E-state index contributed by atoms with van der Waals surface area (Å²) in [7, 11) is 0. The highest BCUT2D eigenvalue weighted by Crippen LogP contribution is 2.38. The van der Waals surface area contributed by atoms with E-state index in [1.54, 1.807) is 0 Å². The van der Waals surface area contributed by atoms with Crippen molar-refractivity contribution in [3.8, 4) is 0 Å².